The van der Waals surface area contributed by atoms with Gasteiger partial charge in [-0.15, -0.1) is 0 Å². The number of rotatable bonds is 5. The number of anilines is 1. The van der Waals surface area contributed by atoms with Gasteiger partial charge in [-0.3, -0.25) is 9.59 Å². The second-order valence-electron chi connectivity index (χ2n) is 12.4. The number of pyridine rings is 1. The molecule has 0 spiro atoms. The molecule has 176 valence electrons. The van der Waals surface area contributed by atoms with Crippen LogP contribution in [0.3, 0.4) is 0 Å². The van der Waals surface area contributed by atoms with Crippen LogP contribution in [0.15, 0.2) is 65.6 Å². The third-order valence-corrected chi connectivity index (χ3v) is 8.77. The molecule has 1 N–H and O–H groups in total. The quantitative estimate of drug-likeness (QED) is 0.487. The lowest BCUT2D eigenvalue weighted by atomic mass is 9.40. The van der Waals surface area contributed by atoms with E-state index in [2.05, 4.69) is 19.2 Å². The molecule has 1 amide bonds. The Morgan fingerprint density at radius 1 is 0.912 bits per heavy atom. The predicted molar refractivity (Wildman–Crippen MR) is 137 cm³/mol. The van der Waals surface area contributed by atoms with Gasteiger partial charge in [0.05, 0.1) is 6.54 Å². The minimum atomic E-state index is -0.0283. The van der Waals surface area contributed by atoms with Crippen LogP contribution in [0, 0.1) is 22.2 Å². The van der Waals surface area contributed by atoms with Crippen molar-refractivity contribution in [1.82, 2.24) is 4.57 Å². The lowest BCUT2D eigenvalue weighted by Crippen LogP contribution is -2.55. The Morgan fingerprint density at radius 3 is 2.35 bits per heavy atom. The van der Waals surface area contributed by atoms with E-state index in [1.54, 1.807) is 4.57 Å². The smallest absolute Gasteiger partial charge is 0.258 e. The first kappa shape index (κ1) is 21.6. The molecule has 2 aromatic carbocycles. The SMILES string of the molecule is CC12CC3CC(C)(C1)CC(CC(=O)Nc1cccc4c(=O)n(Cc5ccccc5)ccc14)(C3)C2. The first-order valence-corrected chi connectivity index (χ1v) is 12.7. The molecule has 1 heterocycles. The van der Waals surface area contributed by atoms with Crippen LogP contribution in [-0.4, -0.2) is 10.5 Å². The maximum Gasteiger partial charge on any atom is 0.258 e. The summed E-state index contributed by atoms with van der Waals surface area (Å²) in [5.41, 5.74) is 2.74. The van der Waals surface area contributed by atoms with Crippen molar-refractivity contribution in [1.29, 1.82) is 0 Å². The van der Waals surface area contributed by atoms with Crippen LogP contribution < -0.4 is 10.9 Å². The molecule has 0 radical (unpaired) electrons. The van der Waals surface area contributed by atoms with Crippen LogP contribution in [0.4, 0.5) is 5.69 Å². The fourth-order valence-corrected chi connectivity index (χ4v) is 8.75. The van der Waals surface area contributed by atoms with E-state index in [4.69, 9.17) is 0 Å². The number of carbonyl (C=O) groups is 1. The molecule has 1 aromatic heterocycles. The van der Waals surface area contributed by atoms with Crippen LogP contribution in [0.25, 0.3) is 10.8 Å². The third kappa shape index (κ3) is 3.77. The minimum absolute atomic E-state index is 0.0283. The Kier molecular flexibility index (Phi) is 4.81. The van der Waals surface area contributed by atoms with Crippen molar-refractivity contribution >= 4 is 22.4 Å². The van der Waals surface area contributed by atoms with Crippen molar-refractivity contribution in [2.24, 2.45) is 22.2 Å². The normalized spacial score (nSPS) is 31.6. The molecule has 4 heteroatoms. The maximum absolute atomic E-state index is 13.3. The van der Waals surface area contributed by atoms with Gasteiger partial charge < -0.3 is 9.88 Å². The van der Waals surface area contributed by atoms with Gasteiger partial charge in [-0.25, -0.2) is 0 Å². The van der Waals surface area contributed by atoms with Crippen molar-refractivity contribution in [2.45, 2.75) is 65.3 Å². The molecule has 0 aliphatic heterocycles. The first-order chi connectivity index (χ1) is 16.2. The van der Waals surface area contributed by atoms with Gasteiger partial charge in [-0.05, 0) is 84.5 Å². The summed E-state index contributed by atoms with van der Waals surface area (Å²) < 4.78 is 1.74. The molecule has 2 atom stereocenters. The standard InChI is InChI=1S/C30H34N2O2/c1-28-13-22-14-29(2,18-28)20-30(15-22,19-28)16-26(33)31-25-10-6-9-24-23(25)11-12-32(27(24)34)17-21-7-4-3-5-8-21/h3-12,22H,13-20H2,1-2H3,(H,31,33). The highest BCUT2D eigenvalue weighted by atomic mass is 16.1. The molecule has 7 rings (SSSR count). The molecule has 0 saturated heterocycles. The summed E-state index contributed by atoms with van der Waals surface area (Å²) in [6.07, 6.45) is 9.99. The van der Waals surface area contributed by atoms with Crippen LogP contribution in [0.1, 0.15) is 64.4 Å². The van der Waals surface area contributed by atoms with Gasteiger partial charge in [0.1, 0.15) is 0 Å². The van der Waals surface area contributed by atoms with Gasteiger partial charge >= 0.3 is 0 Å². The van der Waals surface area contributed by atoms with E-state index in [-0.39, 0.29) is 16.9 Å². The van der Waals surface area contributed by atoms with Gasteiger partial charge in [-0.1, -0.05) is 50.2 Å². The van der Waals surface area contributed by atoms with E-state index >= 15 is 0 Å². The van der Waals surface area contributed by atoms with Crippen molar-refractivity contribution in [3.05, 3.63) is 76.7 Å². The summed E-state index contributed by atoms with van der Waals surface area (Å²) in [5, 5.41) is 4.65. The van der Waals surface area contributed by atoms with Crippen LogP contribution >= 0.6 is 0 Å². The molecular weight excluding hydrogens is 420 g/mol. The van der Waals surface area contributed by atoms with Crippen molar-refractivity contribution in [3.63, 3.8) is 0 Å². The minimum Gasteiger partial charge on any atom is -0.325 e. The fraction of sp³-hybridized carbons (Fsp3) is 0.467. The second-order valence-corrected chi connectivity index (χ2v) is 12.4. The summed E-state index contributed by atoms with van der Waals surface area (Å²) >= 11 is 0. The van der Waals surface area contributed by atoms with E-state index in [0.717, 1.165) is 22.6 Å². The van der Waals surface area contributed by atoms with Gasteiger partial charge in [-0.2, -0.15) is 0 Å². The summed E-state index contributed by atoms with van der Waals surface area (Å²) in [4.78, 5) is 26.5. The number of nitrogens with zero attached hydrogens (tertiary/aromatic N) is 1. The number of aromatic nitrogens is 1. The number of fused-ring (bicyclic) bond motifs is 1. The van der Waals surface area contributed by atoms with Crippen LogP contribution in [0.2, 0.25) is 0 Å². The summed E-state index contributed by atoms with van der Waals surface area (Å²) in [7, 11) is 0. The lowest BCUT2D eigenvalue weighted by molar-refractivity contribution is -0.153. The highest BCUT2D eigenvalue weighted by Crippen LogP contribution is 2.70. The molecule has 2 unspecified atom stereocenters. The van der Waals surface area contributed by atoms with E-state index in [1.165, 1.54) is 38.5 Å². The largest absolute Gasteiger partial charge is 0.325 e. The number of benzene rings is 2. The topological polar surface area (TPSA) is 51.1 Å². The molecule has 4 fully saturated rings. The molecule has 4 saturated carbocycles. The first-order valence-electron chi connectivity index (χ1n) is 12.7. The maximum atomic E-state index is 13.3. The molecular formula is C30H34N2O2. The Balaban J connectivity index is 1.24. The van der Waals surface area contributed by atoms with E-state index < -0.39 is 0 Å². The Labute approximate surface area is 201 Å². The molecule has 3 aromatic rings. The summed E-state index contributed by atoms with van der Waals surface area (Å²) in [6.45, 7) is 5.44. The Bertz CT molecular complexity index is 1310. The number of hydrogen-bond donors (Lipinski definition) is 1. The zero-order chi connectivity index (χ0) is 23.6. The summed E-state index contributed by atoms with van der Waals surface area (Å²) in [5.74, 6) is 0.870. The zero-order valence-corrected chi connectivity index (χ0v) is 20.3. The van der Waals surface area contributed by atoms with E-state index in [9.17, 15) is 9.59 Å². The van der Waals surface area contributed by atoms with Crippen molar-refractivity contribution in [2.75, 3.05) is 5.32 Å². The van der Waals surface area contributed by atoms with Gasteiger partial charge in [0.15, 0.2) is 0 Å². The predicted octanol–water partition coefficient (Wildman–Crippen LogP) is 6.38. The second kappa shape index (κ2) is 7.56. The fourth-order valence-electron chi connectivity index (χ4n) is 8.75. The highest BCUT2D eigenvalue weighted by molar-refractivity contribution is 6.02. The molecule has 34 heavy (non-hydrogen) atoms. The summed E-state index contributed by atoms with van der Waals surface area (Å²) in [6, 6.07) is 17.6. The average molecular weight is 455 g/mol. The molecule has 4 bridgehead atoms. The highest BCUT2D eigenvalue weighted by Gasteiger charge is 2.60. The third-order valence-electron chi connectivity index (χ3n) is 8.77. The Morgan fingerprint density at radius 2 is 1.65 bits per heavy atom. The average Bonchev–Trinajstić information content (AvgIpc) is 2.74. The van der Waals surface area contributed by atoms with Crippen molar-refractivity contribution in [3.8, 4) is 0 Å². The van der Waals surface area contributed by atoms with Crippen LogP contribution in [-0.2, 0) is 11.3 Å². The lowest BCUT2D eigenvalue weighted by Gasteiger charge is -2.65. The number of hydrogen-bond acceptors (Lipinski definition) is 2. The van der Waals surface area contributed by atoms with Gasteiger partial charge in [0.25, 0.3) is 5.56 Å². The van der Waals surface area contributed by atoms with E-state index in [1.807, 2.05) is 60.8 Å². The molecule has 4 aliphatic carbocycles. The molecule has 4 nitrogen and oxygen atoms in total. The van der Waals surface area contributed by atoms with Gasteiger partial charge in [0, 0.05) is 29.1 Å². The Hall–Kier alpha value is -2.88. The van der Waals surface area contributed by atoms with Crippen LogP contribution in [0.5, 0.6) is 0 Å². The van der Waals surface area contributed by atoms with E-state index in [0.29, 0.717) is 29.2 Å². The number of nitrogens with one attached hydrogen (secondary N) is 1. The van der Waals surface area contributed by atoms with Crippen molar-refractivity contribution < 1.29 is 4.79 Å². The van der Waals surface area contributed by atoms with Gasteiger partial charge in [0.2, 0.25) is 5.91 Å². The number of amides is 1. The zero-order valence-electron chi connectivity index (χ0n) is 20.3. The monoisotopic (exact) mass is 454 g/mol. The molecule has 4 aliphatic rings. The number of carbonyl (C=O) groups excluding carboxylic acids is 1.